The molecule has 2 aromatic carbocycles. The van der Waals surface area contributed by atoms with E-state index in [2.05, 4.69) is 61.7 Å². The summed E-state index contributed by atoms with van der Waals surface area (Å²) in [6.45, 7) is 2.14. The second-order valence-electron chi connectivity index (χ2n) is 7.85. The van der Waals surface area contributed by atoms with Gasteiger partial charge in [0.15, 0.2) is 6.54 Å². The Morgan fingerprint density at radius 2 is 1.85 bits per heavy atom. The van der Waals surface area contributed by atoms with E-state index < -0.39 is 0 Å². The fraction of sp³-hybridized carbons (Fsp3) is 0.375. The van der Waals surface area contributed by atoms with E-state index in [1.807, 2.05) is 11.0 Å². The molecule has 3 nitrogen and oxygen atoms in total. The van der Waals surface area contributed by atoms with E-state index in [1.54, 1.807) is 0 Å². The average Bonchev–Trinajstić information content (AvgIpc) is 2.74. The van der Waals surface area contributed by atoms with E-state index >= 15 is 0 Å². The number of nitrogens with zero attached hydrogens (tertiary/aromatic N) is 1. The second-order valence-corrected chi connectivity index (χ2v) is 7.85. The lowest BCUT2D eigenvalue weighted by molar-refractivity contribution is -0.905. The molecule has 1 amide bonds. The summed E-state index contributed by atoms with van der Waals surface area (Å²) in [6, 6.07) is 19.7. The number of rotatable bonds is 4. The molecular weight excluding hydrogens is 332 g/mol. The van der Waals surface area contributed by atoms with Gasteiger partial charge >= 0.3 is 0 Å². The zero-order chi connectivity index (χ0) is 18.6. The Bertz CT molecular complexity index is 827. The Morgan fingerprint density at radius 3 is 2.63 bits per heavy atom. The number of carbonyl (C=O) groups is 1. The first kappa shape index (κ1) is 18.0. The Morgan fingerprint density at radius 1 is 1.07 bits per heavy atom. The van der Waals surface area contributed by atoms with Gasteiger partial charge in [0.25, 0.3) is 5.91 Å². The largest absolute Gasteiger partial charge is 0.334 e. The molecule has 2 aliphatic rings. The molecule has 0 aromatic heterocycles. The van der Waals surface area contributed by atoms with Crippen molar-refractivity contribution in [2.24, 2.45) is 0 Å². The highest BCUT2D eigenvalue weighted by atomic mass is 16.2. The van der Waals surface area contributed by atoms with Gasteiger partial charge in [0.1, 0.15) is 6.04 Å². The molecule has 1 heterocycles. The molecule has 1 aliphatic heterocycles. The standard InChI is InChI=1S/C24H28N2O/c1-25(23-13-7-11-21-10-5-6-12-22(21)23)18-24(27)26-16-14-20(15-17-26)19-8-3-2-4-9-19/h2-6,8-10,12,14,23H,7,11,13,15-18H2,1H3/p+1/t23-/m1/s1. The number of likely N-dealkylation sites (N-methyl/N-ethyl adjacent to an activating group) is 1. The zero-order valence-corrected chi connectivity index (χ0v) is 16.2. The molecular formula is C24H29N2O+. The van der Waals surface area contributed by atoms with Gasteiger partial charge < -0.3 is 9.80 Å². The Balaban J connectivity index is 1.38. The maximum atomic E-state index is 12.9. The lowest BCUT2D eigenvalue weighted by Crippen LogP contribution is -3.10. The molecule has 0 saturated heterocycles. The summed E-state index contributed by atoms with van der Waals surface area (Å²) in [5.41, 5.74) is 5.56. The minimum Gasteiger partial charge on any atom is -0.334 e. The van der Waals surface area contributed by atoms with Crippen LogP contribution in [0.3, 0.4) is 0 Å². The van der Waals surface area contributed by atoms with Crippen molar-refractivity contribution in [3.8, 4) is 0 Å². The van der Waals surface area contributed by atoms with Crippen LogP contribution in [-0.4, -0.2) is 37.5 Å². The number of quaternary nitrogens is 1. The predicted molar refractivity (Wildman–Crippen MR) is 109 cm³/mol. The van der Waals surface area contributed by atoms with Gasteiger partial charge in [0.2, 0.25) is 0 Å². The molecule has 2 aromatic rings. The average molecular weight is 362 g/mol. The highest BCUT2D eigenvalue weighted by molar-refractivity contribution is 5.79. The number of hydrogen-bond donors (Lipinski definition) is 1. The summed E-state index contributed by atoms with van der Waals surface area (Å²) in [7, 11) is 2.18. The van der Waals surface area contributed by atoms with Crippen LogP contribution in [0, 0.1) is 0 Å². The van der Waals surface area contributed by atoms with Crippen LogP contribution < -0.4 is 4.90 Å². The molecule has 140 valence electrons. The van der Waals surface area contributed by atoms with Crippen LogP contribution in [0.1, 0.15) is 42.0 Å². The highest BCUT2D eigenvalue weighted by Gasteiger charge is 2.29. The third kappa shape index (κ3) is 3.98. The van der Waals surface area contributed by atoms with E-state index in [-0.39, 0.29) is 5.91 Å². The van der Waals surface area contributed by atoms with Crippen LogP contribution >= 0.6 is 0 Å². The van der Waals surface area contributed by atoms with Crippen molar-refractivity contribution in [3.05, 3.63) is 77.4 Å². The van der Waals surface area contributed by atoms with Crippen molar-refractivity contribution >= 4 is 11.5 Å². The van der Waals surface area contributed by atoms with Gasteiger partial charge in [-0.25, -0.2) is 0 Å². The molecule has 1 N–H and O–H groups in total. The first-order chi connectivity index (χ1) is 13.2. The van der Waals surface area contributed by atoms with Crippen molar-refractivity contribution in [1.82, 2.24) is 4.90 Å². The number of amides is 1. The Labute approximate surface area is 162 Å². The Kier molecular flexibility index (Phi) is 5.40. The van der Waals surface area contributed by atoms with Gasteiger partial charge in [0.05, 0.1) is 7.05 Å². The molecule has 27 heavy (non-hydrogen) atoms. The molecule has 0 spiro atoms. The SMILES string of the molecule is C[NH+](CC(=O)N1CC=C(c2ccccc2)CC1)[C@@H]1CCCc2ccccc21. The fourth-order valence-corrected chi connectivity index (χ4v) is 4.55. The van der Waals surface area contributed by atoms with Gasteiger partial charge in [-0.05, 0) is 36.0 Å². The number of hydrogen-bond acceptors (Lipinski definition) is 1. The van der Waals surface area contributed by atoms with Crippen LogP contribution in [0.25, 0.3) is 5.57 Å². The number of benzene rings is 2. The van der Waals surface area contributed by atoms with E-state index in [1.165, 1.54) is 46.4 Å². The molecule has 0 saturated carbocycles. The monoisotopic (exact) mass is 361 g/mol. The van der Waals surface area contributed by atoms with Gasteiger partial charge in [-0.2, -0.15) is 0 Å². The molecule has 4 rings (SSSR count). The van der Waals surface area contributed by atoms with E-state index in [9.17, 15) is 4.79 Å². The number of aryl methyl sites for hydroxylation is 1. The normalized spacial score (nSPS) is 20.6. The predicted octanol–water partition coefficient (Wildman–Crippen LogP) is 2.89. The van der Waals surface area contributed by atoms with Gasteiger partial charge in [-0.3, -0.25) is 4.79 Å². The van der Waals surface area contributed by atoms with Crippen LogP contribution in [0.5, 0.6) is 0 Å². The van der Waals surface area contributed by atoms with Crippen molar-refractivity contribution in [2.45, 2.75) is 31.7 Å². The lowest BCUT2D eigenvalue weighted by Gasteiger charge is -2.32. The molecule has 0 radical (unpaired) electrons. The molecule has 0 bridgehead atoms. The summed E-state index contributed by atoms with van der Waals surface area (Å²) in [5.74, 6) is 0.277. The smallest absolute Gasteiger partial charge is 0.278 e. The van der Waals surface area contributed by atoms with Crippen LogP contribution in [0.15, 0.2) is 60.7 Å². The fourth-order valence-electron chi connectivity index (χ4n) is 4.55. The number of carbonyl (C=O) groups excluding carboxylic acids is 1. The minimum atomic E-state index is 0.277. The van der Waals surface area contributed by atoms with E-state index in [4.69, 9.17) is 0 Å². The first-order valence-corrected chi connectivity index (χ1v) is 10.1. The van der Waals surface area contributed by atoms with Crippen molar-refractivity contribution in [1.29, 1.82) is 0 Å². The summed E-state index contributed by atoms with van der Waals surface area (Å²) in [6.07, 6.45) is 6.74. The van der Waals surface area contributed by atoms with E-state index in [0.29, 0.717) is 12.6 Å². The van der Waals surface area contributed by atoms with Crippen LogP contribution in [0.4, 0.5) is 0 Å². The third-order valence-corrected chi connectivity index (χ3v) is 6.10. The number of fused-ring (bicyclic) bond motifs is 1. The Hall–Kier alpha value is -2.39. The summed E-state index contributed by atoms with van der Waals surface area (Å²) in [5, 5.41) is 0. The van der Waals surface area contributed by atoms with Crippen LogP contribution in [-0.2, 0) is 11.2 Å². The second kappa shape index (κ2) is 8.10. The first-order valence-electron chi connectivity index (χ1n) is 10.1. The topological polar surface area (TPSA) is 24.8 Å². The minimum absolute atomic E-state index is 0.277. The van der Waals surface area contributed by atoms with Gasteiger partial charge in [-0.15, -0.1) is 0 Å². The third-order valence-electron chi connectivity index (χ3n) is 6.10. The zero-order valence-electron chi connectivity index (χ0n) is 16.2. The maximum absolute atomic E-state index is 12.9. The highest BCUT2D eigenvalue weighted by Crippen LogP contribution is 2.27. The molecule has 1 aliphatic carbocycles. The molecule has 3 heteroatoms. The van der Waals surface area contributed by atoms with Crippen molar-refractivity contribution in [3.63, 3.8) is 0 Å². The van der Waals surface area contributed by atoms with Gasteiger partial charge in [-0.1, -0.05) is 60.7 Å². The molecule has 0 fully saturated rings. The molecule has 2 atom stereocenters. The van der Waals surface area contributed by atoms with Crippen molar-refractivity contribution < 1.29 is 9.69 Å². The maximum Gasteiger partial charge on any atom is 0.278 e. The molecule has 1 unspecified atom stereocenters. The quantitative estimate of drug-likeness (QED) is 0.890. The van der Waals surface area contributed by atoms with Crippen LogP contribution in [0.2, 0.25) is 0 Å². The summed E-state index contributed by atoms with van der Waals surface area (Å²) < 4.78 is 0. The van der Waals surface area contributed by atoms with Gasteiger partial charge in [0, 0.05) is 25.1 Å². The summed E-state index contributed by atoms with van der Waals surface area (Å²) >= 11 is 0. The lowest BCUT2D eigenvalue weighted by atomic mass is 9.87. The number of nitrogens with one attached hydrogen (secondary N) is 1. The van der Waals surface area contributed by atoms with E-state index in [0.717, 1.165) is 19.5 Å². The summed E-state index contributed by atoms with van der Waals surface area (Å²) in [4.78, 5) is 16.2. The van der Waals surface area contributed by atoms with Crippen molar-refractivity contribution in [2.75, 3.05) is 26.7 Å².